The number of halogens is 2. The lowest BCUT2D eigenvalue weighted by Gasteiger charge is -2.11. The van der Waals surface area contributed by atoms with Crippen molar-refractivity contribution in [2.75, 3.05) is 13.7 Å². The predicted molar refractivity (Wildman–Crippen MR) is 53.3 cm³/mol. The van der Waals surface area contributed by atoms with Gasteiger partial charge in [-0.2, -0.15) is 0 Å². The Hall–Kier alpha value is -1.65. The number of hydrogen-bond donors (Lipinski definition) is 1. The molecule has 0 radical (unpaired) electrons. The van der Waals surface area contributed by atoms with Crippen LogP contribution in [0.4, 0.5) is 8.78 Å². The quantitative estimate of drug-likeness (QED) is 0.833. The fraction of sp³-hybridized carbons (Fsp3) is 0.364. The molecule has 1 aliphatic rings. The first kappa shape index (κ1) is 10.9. The van der Waals surface area contributed by atoms with E-state index in [0.717, 1.165) is 12.1 Å². The van der Waals surface area contributed by atoms with Gasteiger partial charge < -0.3 is 10.1 Å². The van der Waals surface area contributed by atoms with E-state index < -0.39 is 11.6 Å². The van der Waals surface area contributed by atoms with Crippen molar-refractivity contribution < 1.29 is 18.3 Å². The molecule has 0 bridgehead atoms. The van der Waals surface area contributed by atoms with Crippen LogP contribution >= 0.6 is 0 Å². The van der Waals surface area contributed by atoms with Crippen LogP contribution in [0.2, 0.25) is 0 Å². The summed E-state index contributed by atoms with van der Waals surface area (Å²) in [6.45, 7) is 0.349. The van der Waals surface area contributed by atoms with Gasteiger partial charge in [-0.15, -0.1) is 0 Å². The fourth-order valence-corrected chi connectivity index (χ4v) is 1.84. The molecule has 0 spiro atoms. The maximum Gasteiger partial charge on any atom is 0.220 e. The molecular weight excluding hydrogens is 216 g/mol. The highest BCUT2D eigenvalue weighted by molar-refractivity contribution is 5.79. The zero-order valence-corrected chi connectivity index (χ0v) is 8.72. The molecule has 1 N–H and O–H groups in total. The zero-order valence-electron chi connectivity index (χ0n) is 8.72. The third-order valence-corrected chi connectivity index (χ3v) is 2.69. The molecule has 0 saturated carbocycles. The average molecular weight is 227 g/mol. The monoisotopic (exact) mass is 227 g/mol. The Morgan fingerprint density at radius 3 is 2.69 bits per heavy atom. The topological polar surface area (TPSA) is 38.3 Å². The van der Waals surface area contributed by atoms with E-state index in [1.807, 2.05) is 0 Å². The molecule has 0 unspecified atom stereocenters. The van der Waals surface area contributed by atoms with Gasteiger partial charge in [0.05, 0.1) is 7.11 Å². The molecule has 1 atom stereocenters. The van der Waals surface area contributed by atoms with Gasteiger partial charge in [-0.3, -0.25) is 4.79 Å². The van der Waals surface area contributed by atoms with Crippen molar-refractivity contribution in [2.45, 2.75) is 12.3 Å². The van der Waals surface area contributed by atoms with E-state index in [1.54, 1.807) is 0 Å². The van der Waals surface area contributed by atoms with Gasteiger partial charge in [0.2, 0.25) is 5.91 Å². The highest BCUT2D eigenvalue weighted by Gasteiger charge is 2.26. The minimum Gasteiger partial charge on any atom is -0.494 e. The number of carbonyl (C=O) groups is 1. The van der Waals surface area contributed by atoms with E-state index in [9.17, 15) is 13.6 Å². The summed E-state index contributed by atoms with van der Waals surface area (Å²) in [5, 5.41) is 2.58. The first-order chi connectivity index (χ1) is 7.61. The molecule has 16 heavy (non-hydrogen) atoms. The van der Waals surface area contributed by atoms with Gasteiger partial charge in [-0.1, -0.05) is 0 Å². The summed E-state index contributed by atoms with van der Waals surface area (Å²) in [5.41, 5.74) is 0.219. The molecule has 0 aromatic heterocycles. The number of amides is 1. The van der Waals surface area contributed by atoms with Crippen LogP contribution in [0.25, 0.3) is 0 Å². The summed E-state index contributed by atoms with van der Waals surface area (Å²) in [6, 6.07) is 2.10. The number of methoxy groups -OCH3 is 1. The van der Waals surface area contributed by atoms with Crippen LogP contribution in [0.3, 0.4) is 0 Å². The standard InChI is InChI=1S/C11H11F2NO2/c1-16-10-4-8(12)7(3-9(10)13)6-2-11(15)14-5-6/h3-4,6H,2,5H2,1H3,(H,14,15)/t6-/m0/s1. The molecule has 1 aromatic rings. The molecule has 1 saturated heterocycles. The van der Waals surface area contributed by atoms with Crippen molar-refractivity contribution in [1.29, 1.82) is 0 Å². The smallest absolute Gasteiger partial charge is 0.220 e. The van der Waals surface area contributed by atoms with Crippen LogP contribution in [-0.4, -0.2) is 19.6 Å². The Balaban J connectivity index is 2.34. The lowest BCUT2D eigenvalue weighted by molar-refractivity contribution is -0.119. The second-order valence-electron chi connectivity index (χ2n) is 3.71. The van der Waals surface area contributed by atoms with Gasteiger partial charge in [0.25, 0.3) is 0 Å². The van der Waals surface area contributed by atoms with E-state index in [-0.39, 0.29) is 29.6 Å². The van der Waals surface area contributed by atoms with Gasteiger partial charge in [0.1, 0.15) is 5.82 Å². The van der Waals surface area contributed by atoms with Gasteiger partial charge in [0, 0.05) is 24.9 Å². The molecule has 86 valence electrons. The molecule has 0 aliphatic carbocycles. The van der Waals surface area contributed by atoms with Gasteiger partial charge >= 0.3 is 0 Å². The van der Waals surface area contributed by atoms with E-state index in [4.69, 9.17) is 0 Å². The summed E-state index contributed by atoms with van der Waals surface area (Å²) in [5.74, 6) is -1.72. The number of carbonyl (C=O) groups excluding carboxylic acids is 1. The Morgan fingerprint density at radius 1 is 1.38 bits per heavy atom. The van der Waals surface area contributed by atoms with Crippen LogP contribution < -0.4 is 10.1 Å². The highest BCUT2D eigenvalue weighted by Crippen LogP contribution is 2.29. The largest absolute Gasteiger partial charge is 0.494 e. The number of nitrogens with one attached hydrogen (secondary N) is 1. The van der Waals surface area contributed by atoms with Gasteiger partial charge in [0.15, 0.2) is 11.6 Å². The highest BCUT2D eigenvalue weighted by atomic mass is 19.1. The Labute approximate surface area is 91.4 Å². The van der Waals surface area contributed by atoms with Gasteiger partial charge in [-0.05, 0) is 11.6 Å². The molecule has 1 aromatic carbocycles. The molecular formula is C11H11F2NO2. The number of rotatable bonds is 2. The Morgan fingerprint density at radius 2 is 2.12 bits per heavy atom. The van der Waals surface area contributed by atoms with Crippen molar-refractivity contribution >= 4 is 5.91 Å². The molecule has 1 heterocycles. The van der Waals surface area contributed by atoms with Crippen molar-refractivity contribution in [2.24, 2.45) is 0 Å². The van der Waals surface area contributed by atoms with Crippen LogP contribution in [0.15, 0.2) is 12.1 Å². The predicted octanol–water partition coefficient (Wildman–Crippen LogP) is 1.58. The van der Waals surface area contributed by atoms with Crippen molar-refractivity contribution in [3.63, 3.8) is 0 Å². The molecule has 5 heteroatoms. The normalized spacial score (nSPS) is 19.7. The number of hydrogen-bond acceptors (Lipinski definition) is 2. The van der Waals surface area contributed by atoms with Crippen LogP contribution in [0, 0.1) is 11.6 Å². The third kappa shape index (κ3) is 1.85. The van der Waals surface area contributed by atoms with E-state index in [2.05, 4.69) is 10.1 Å². The van der Waals surface area contributed by atoms with Crippen molar-refractivity contribution in [3.8, 4) is 5.75 Å². The Kier molecular flexibility index (Phi) is 2.77. The van der Waals surface area contributed by atoms with Crippen molar-refractivity contribution in [3.05, 3.63) is 29.3 Å². The van der Waals surface area contributed by atoms with Crippen molar-refractivity contribution in [1.82, 2.24) is 5.32 Å². The fourth-order valence-electron chi connectivity index (χ4n) is 1.84. The van der Waals surface area contributed by atoms with E-state index >= 15 is 0 Å². The Bertz CT molecular complexity index is 434. The zero-order chi connectivity index (χ0) is 11.7. The van der Waals surface area contributed by atoms with Crippen LogP contribution in [0.5, 0.6) is 5.75 Å². The SMILES string of the molecule is COc1cc(F)c([C@@H]2CNC(=O)C2)cc1F. The molecule has 2 rings (SSSR count). The maximum atomic E-state index is 13.6. The summed E-state index contributed by atoms with van der Waals surface area (Å²) in [4.78, 5) is 11.0. The summed E-state index contributed by atoms with van der Waals surface area (Å²) in [7, 11) is 1.28. The van der Waals surface area contributed by atoms with Crippen LogP contribution in [0.1, 0.15) is 17.9 Å². The molecule has 1 fully saturated rings. The number of ether oxygens (including phenoxy) is 1. The minimum atomic E-state index is -0.613. The summed E-state index contributed by atoms with van der Waals surface area (Å²) in [6.07, 6.45) is 0.197. The second kappa shape index (κ2) is 4.08. The molecule has 3 nitrogen and oxygen atoms in total. The number of benzene rings is 1. The third-order valence-electron chi connectivity index (χ3n) is 2.69. The maximum absolute atomic E-state index is 13.6. The lowest BCUT2D eigenvalue weighted by atomic mass is 9.97. The first-order valence-electron chi connectivity index (χ1n) is 4.91. The van der Waals surface area contributed by atoms with E-state index in [1.165, 1.54) is 7.11 Å². The lowest BCUT2D eigenvalue weighted by Crippen LogP contribution is -2.13. The second-order valence-corrected chi connectivity index (χ2v) is 3.71. The average Bonchev–Trinajstić information content (AvgIpc) is 2.67. The minimum absolute atomic E-state index is 0.126. The molecule has 1 amide bonds. The summed E-state index contributed by atoms with van der Waals surface area (Å²) >= 11 is 0. The van der Waals surface area contributed by atoms with Gasteiger partial charge in [-0.25, -0.2) is 8.78 Å². The molecule has 1 aliphatic heterocycles. The first-order valence-corrected chi connectivity index (χ1v) is 4.91. The van der Waals surface area contributed by atoms with E-state index in [0.29, 0.717) is 6.54 Å². The van der Waals surface area contributed by atoms with Crippen LogP contribution in [-0.2, 0) is 4.79 Å². The summed E-state index contributed by atoms with van der Waals surface area (Å²) < 4.78 is 31.7.